The molecule has 0 radical (unpaired) electrons. The zero-order chi connectivity index (χ0) is 13.0. The van der Waals surface area contributed by atoms with Gasteiger partial charge < -0.3 is 4.74 Å². The number of morpholine rings is 1. The van der Waals surface area contributed by atoms with Crippen LogP contribution in [0.4, 0.5) is 0 Å². The van der Waals surface area contributed by atoms with Gasteiger partial charge in [0.2, 0.25) is 0 Å². The Kier molecular flexibility index (Phi) is 4.27. The Morgan fingerprint density at radius 3 is 2.78 bits per heavy atom. The summed E-state index contributed by atoms with van der Waals surface area (Å²) in [5.74, 6) is 0. The molecule has 2 rings (SSSR count). The molecule has 1 fully saturated rings. The minimum Gasteiger partial charge on any atom is -0.379 e. The van der Waals surface area contributed by atoms with Gasteiger partial charge in [-0.3, -0.25) is 4.68 Å². The zero-order valence-corrected chi connectivity index (χ0v) is 11.0. The van der Waals surface area contributed by atoms with Crippen LogP contribution in [-0.2, 0) is 21.5 Å². The predicted molar refractivity (Wildman–Crippen MR) is 63.9 cm³/mol. The fourth-order valence-electron chi connectivity index (χ4n) is 1.76. The number of hydrogen-bond acceptors (Lipinski definition) is 5. The molecule has 1 N–H and O–H groups in total. The van der Waals surface area contributed by atoms with Gasteiger partial charge in [-0.2, -0.15) is 22.5 Å². The van der Waals surface area contributed by atoms with E-state index in [4.69, 9.17) is 4.74 Å². The molecule has 0 aliphatic carbocycles. The van der Waals surface area contributed by atoms with Crippen molar-refractivity contribution in [3.63, 3.8) is 0 Å². The molecule has 1 aromatic heterocycles. The van der Waals surface area contributed by atoms with Gasteiger partial charge in [0.25, 0.3) is 10.2 Å². The van der Waals surface area contributed by atoms with Crippen molar-refractivity contribution in [2.45, 2.75) is 19.5 Å². The van der Waals surface area contributed by atoms with Crippen LogP contribution in [-0.4, -0.2) is 59.8 Å². The topological polar surface area (TPSA) is 89.3 Å². The molecule has 1 aliphatic rings. The summed E-state index contributed by atoms with van der Waals surface area (Å²) in [6.45, 7) is 3.91. The van der Waals surface area contributed by atoms with Crippen molar-refractivity contribution in [3.05, 3.63) is 12.7 Å². The maximum atomic E-state index is 12.0. The lowest BCUT2D eigenvalue weighted by molar-refractivity contribution is 0.0723. The third kappa shape index (κ3) is 3.48. The minimum absolute atomic E-state index is 0.250. The van der Waals surface area contributed by atoms with Crippen molar-refractivity contribution in [2.75, 3.05) is 26.3 Å². The first kappa shape index (κ1) is 13.4. The molecule has 2 heterocycles. The Morgan fingerprint density at radius 2 is 2.17 bits per heavy atom. The predicted octanol–water partition coefficient (Wildman–Crippen LogP) is -1.17. The molecule has 0 saturated carbocycles. The maximum Gasteiger partial charge on any atom is 0.279 e. The van der Waals surface area contributed by atoms with E-state index >= 15 is 0 Å². The number of nitrogens with one attached hydrogen (secondary N) is 1. The van der Waals surface area contributed by atoms with E-state index in [1.807, 2.05) is 0 Å². The van der Waals surface area contributed by atoms with E-state index in [1.54, 1.807) is 17.9 Å². The monoisotopic (exact) mass is 275 g/mol. The van der Waals surface area contributed by atoms with Crippen LogP contribution >= 0.6 is 0 Å². The van der Waals surface area contributed by atoms with E-state index in [2.05, 4.69) is 14.8 Å². The molecule has 0 bridgehead atoms. The summed E-state index contributed by atoms with van der Waals surface area (Å²) < 4.78 is 34.8. The van der Waals surface area contributed by atoms with Gasteiger partial charge in [-0.05, 0) is 6.92 Å². The fourth-order valence-corrected chi connectivity index (χ4v) is 3.12. The van der Waals surface area contributed by atoms with Gasteiger partial charge in [-0.1, -0.05) is 0 Å². The molecule has 1 atom stereocenters. The van der Waals surface area contributed by atoms with Gasteiger partial charge in [0.1, 0.15) is 12.7 Å². The van der Waals surface area contributed by atoms with Crippen LogP contribution in [0, 0.1) is 0 Å². The molecule has 1 aromatic rings. The number of ether oxygens (including phenoxy) is 1. The first-order valence-electron chi connectivity index (χ1n) is 5.75. The Balaban J connectivity index is 1.90. The lowest BCUT2D eigenvalue weighted by Crippen LogP contribution is -2.49. The number of hydrogen-bond donors (Lipinski definition) is 1. The Hall–Kier alpha value is -1.03. The fraction of sp³-hybridized carbons (Fsp3) is 0.778. The maximum absolute atomic E-state index is 12.0. The van der Waals surface area contributed by atoms with Crippen molar-refractivity contribution in [3.8, 4) is 0 Å². The molecule has 102 valence electrons. The number of rotatable bonds is 5. The van der Waals surface area contributed by atoms with Crippen molar-refractivity contribution in [1.29, 1.82) is 0 Å². The smallest absolute Gasteiger partial charge is 0.279 e. The molecular weight excluding hydrogens is 258 g/mol. The average Bonchev–Trinajstić information content (AvgIpc) is 2.82. The Bertz CT molecular complexity index is 455. The van der Waals surface area contributed by atoms with Gasteiger partial charge >= 0.3 is 0 Å². The lowest BCUT2D eigenvalue weighted by atomic mass is 10.4. The molecule has 18 heavy (non-hydrogen) atoms. The highest BCUT2D eigenvalue weighted by Gasteiger charge is 2.25. The summed E-state index contributed by atoms with van der Waals surface area (Å²) in [6, 6.07) is -0.250. The van der Waals surface area contributed by atoms with Crippen LogP contribution in [0.2, 0.25) is 0 Å². The van der Waals surface area contributed by atoms with E-state index in [1.165, 1.54) is 10.6 Å². The quantitative estimate of drug-likeness (QED) is 0.731. The van der Waals surface area contributed by atoms with Crippen LogP contribution < -0.4 is 4.72 Å². The second-order valence-electron chi connectivity index (χ2n) is 4.15. The highest BCUT2D eigenvalue weighted by atomic mass is 32.2. The molecule has 1 aliphatic heterocycles. The second-order valence-corrected chi connectivity index (χ2v) is 5.86. The summed E-state index contributed by atoms with van der Waals surface area (Å²) in [5.41, 5.74) is 0. The normalized spacial score (nSPS) is 19.8. The van der Waals surface area contributed by atoms with Crippen LogP contribution in [0.5, 0.6) is 0 Å². The molecule has 0 spiro atoms. The van der Waals surface area contributed by atoms with Crippen molar-refractivity contribution >= 4 is 10.2 Å². The van der Waals surface area contributed by atoms with E-state index in [0.717, 1.165) is 0 Å². The van der Waals surface area contributed by atoms with Gasteiger partial charge in [-0.25, -0.2) is 4.98 Å². The van der Waals surface area contributed by atoms with Gasteiger partial charge in [0.05, 0.1) is 19.8 Å². The summed E-state index contributed by atoms with van der Waals surface area (Å²) in [6.07, 6.45) is 2.97. The van der Waals surface area contributed by atoms with E-state index < -0.39 is 10.2 Å². The highest BCUT2D eigenvalue weighted by Crippen LogP contribution is 2.04. The summed E-state index contributed by atoms with van der Waals surface area (Å²) in [7, 11) is -3.44. The first-order valence-corrected chi connectivity index (χ1v) is 7.19. The van der Waals surface area contributed by atoms with Crippen LogP contribution in [0.15, 0.2) is 12.7 Å². The highest BCUT2D eigenvalue weighted by molar-refractivity contribution is 7.87. The SMILES string of the molecule is CC(Cn1cncn1)NS(=O)(=O)N1CCOCC1. The summed E-state index contributed by atoms with van der Waals surface area (Å²) in [4.78, 5) is 3.81. The zero-order valence-electron chi connectivity index (χ0n) is 10.2. The number of aromatic nitrogens is 3. The van der Waals surface area contributed by atoms with E-state index in [9.17, 15) is 8.42 Å². The molecule has 0 amide bonds. The molecule has 1 unspecified atom stereocenters. The van der Waals surface area contributed by atoms with Crippen LogP contribution in [0.25, 0.3) is 0 Å². The van der Waals surface area contributed by atoms with E-state index in [-0.39, 0.29) is 6.04 Å². The van der Waals surface area contributed by atoms with Crippen LogP contribution in [0.1, 0.15) is 6.92 Å². The third-order valence-electron chi connectivity index (χ3n) is 2.59. The first-order chi connectivity index (χ1) is 8.58. The van der Waals surface area contributed by atoms with Crippen molar-refractivity contribution in [2.24, 2.45) is 0 Å². The molecular formula is C9H17N5O3S. The van der Waals surface area contributed by atoms with E-state index in [0.29, 0.717) is 32.8 Å². The second kappa shape index (κ2) is 5.74. The molecule has 0 aromatic carbocycles. The molecule has 9 heteroatoms. The van der Waals surface area contributed by atoms with Gasteiger partial charge in [-0.15, -0.1) is 0 Å². The molecule has 8 nitrogen and oxygen atoms in total. The Morgan fingerprint density at radius 1 is 1.44 bits per heavy atom. The van der Waals surface area contributed by atoms with Gasteiger partial charge in [0, 0.05) is 19.1 Å². The lowest BCUT2D eigenvalue weighted by Gasteiger charge is -2.27. The summed E-state index contributed by atoms with van der Waals surface area (Å²) in [5, 5.41) is 3.94. The summed E-state index contributed by atoms with van der Waals surface area (Å²) >= 11 is 0. The minimum atomic E-state index is -3.44. The average molecular weight is 275 g/mol. The standard InChI is InChI=1S/C9H17N5O3S/c1-9(6-13-8-10-7-11-13)12-18(15,16)14-2-4-17-5-3-14/h7-9,12H,2-6H2,1H3. The van der Waals surface area contributed by atoms with Crippen molar-refractivity contribution < 1.29 is 13.2 Å². The number of nitrogens with zero attached hydrogens (tertiary/aromatic N) is 4. The van der Waals surface area contributed by atoms with Crippen molar-refractivity contribution in [1.82, 2.24) is 23.8 Å². The molecule has 1 saturated heterocycles. The van der Waals surface area contributed by atoms with Gasteiger partial charge in [0.15, 0.2) is 0 Å². The van der Waals surface area contributed by atoms with Crippen LogP contribution in [0.3, 0.4) is 0 Å². The largest absolute Gasteiger partial charge is 0.379 e. The Labute approximate surface area is 106 Å². The third-order valence-corrected chi connectivity index (χ3v) is 4.33.